The summed E-state index contributed by atoms with van der Waals surface area (Å²) in [6.45, 7) is 4.07. The van der Waals surface area contributed by atoms with Crippen molar-refractivity contribution in [1.29, 1.82) is 0 Å². The van der Waals surface area contributed by atoms with Crippen molar-refractivity contribution in [3.05, 3.63) is 53.2 Å². The Morgan fingerprint density at radius 1 is 1.38 bits per heavy atom. The number of nitrogens with zero attached hydrogens (tertiary/aromatic N) is 1. The van der Waals surface area contributed by atoms with Crippen LogP contribution in [0.25, 0.3) is 6.08 Å². The number of furan rings is 1. The van der Waals surface area contributed by atoms with Gasteiger partial charge >= 0.3 is 5.97 Å². The molecule has 0 aromatic carbocycles. The lowest BCUT2D eigenvalue weighted by Crippen LogP contribution is -2.38. The van der Waals surface area contributed by atoms with Gasteiger partial charge in [-0.1, -0.05) is 0 Å². The van der Waals surface area contributed by atoms with E-state index in [1.807, 2.05) is 32.0 Å². The summed E-state index contributed by atoms with van der Waals surface area (Å²) in [5, 5.41) is 2.57. The Morgan fingerprint density at radius 3 is 2.83 bits per heavy atom. The molecule has 8 nitrogen and oxygen atoms in total. The van der Waals surface area contributed by atoms with Gasteiger partial charge in [-0.2, -0.15) is 0 Å². The molecule has 0 saturated carbocycles. The number of ether oxygens (including phenoxy) is 1. The second-order valence-corrected chi connectivity index (χ2v) is 9.33. The lowest BCUT2D eigenvalue weighted by atomic mass is 10.2. The Balaban J connectivity index is 1.51. The first-order valence-electron chi connectivity index (χ1n) is 9.27. The zero-order valence-electron chi connectivity index (χ0n) is 16.4. The number of amides is 1. The molecule has 0 bridgehead atoms. The number of hydrogen-bond acceptors (Lipinski definition) is 6. The van der Waals surface area contributed by atoms with Crippen LogP contribution in [0, 0.1) is 13.8 Å². The molecule has 1 fully saturated rings. The molecule has 0 radical (unpaired) electrons. The first-order valence-corrected chi connectivity index (χ1v) is 11.1. The van der Waals surface area contributed by atoms with Crippen LogP contribution in [0.15, 0.2) is 35.0 Å². The lowest BCUT2D eigenvalue weighted by molar-refractivity contribution is -0.143. The van der Waals surface area contributed by atoms with E-state index in [0.717, 1.165) is 22.7 Å². The topological polar surface area (TPSA) is 108 Å². The average Bonchev–Trinajstić information content (AvgIpc) is 3.35. The summed E-state index contributed by atoms with van der Waals surface area (Å²) in [6.07, 6.45) is 4.93. The summed E-state index contributed by atoms with van der Waals surface area (Å²) in [6, 6.07) is 5.27. The Bertz CT molecular complexity index is 1020. The molecule has 1 aliphatic heterocycles. The maximum absolute atomic E-state index is 11.9. The molecular formula is C20H24N2O6S. The molecule has 1 saturated heterocycles. The molecule has 2 aromatic heterocycles. The average molecular weight is 420 g/mol. The highest BCUT2D eigenvalue weighted by Gasteiger charge is 2.28. The predicted molar refractivity (Wildman–Crippen MR) is 107 cm³/mol. The Kier molecular flexibility index (Phi) is 6.26. The van der Waals surface area contributed by atoms with E-state index in [-0.39, 0.29) is 11.5 Å². The molecule has 9 heteroatoms. The van der Waals surface area contributed by atoms with Gasteiger partial charge in [0.05, 0.1) is 24.3 Å². The van der Waals surface area contributed by atoms with Gasteiger partial charge in [0.1, 0.15) is 5.76 Å². The van der Waals surface area contributed by atoms with E-state index in [4.69, 9.17) is 9.15 Å². The van der Waals surface area contributed by atoms with Crippen LogP contribution in [0.2, 0.25) is 0 Å². The molecule has 3 heterocycles. The zero-order valence-corrected chi connectivity index (χ0v) is 17.2. The number of hydrogen-bond donors (Lipinski definition) is 1. The minimum atomic E-state index is -3.08. The Morgan fingerprint density at radius 2 is 2.17 bits per heavy atom. The van der Waals surface area contributed by atoms with E-state index in [1.165, 1.54) is 6.08 Å². The summed E-state index contributed by atoms with van der Waals surface area (Å²) >= 11 is 0. The van der Waals surface area contributed by atoms with Gasteiger partial charge in [-0.25, -0.2) is 13.2 Å². The van der Waals surface area contributed by atoms with Crippen LogP contribution in [0.5, 0.6) is 0 Å². The van der Waals surface area contributed by atoms with E-state index in [2.05, 4.69) is 9.88 Å². The summed E-state index contributed by atoms with van der Waals surface area (Å²) in [5.41, 5.74) is 2.87. The van der Waals surface area contributed by atoms with Crippen molar-refractivity contribution in [2.75, 3.05) is 18.1 Å². The van der Waals surface area contributed by atoms with E-state index in [0.29, 0.717) is 13.0 Å². The quantitative estimate of drug-likeness (QED) is 0.539. The van der Waals surface area contributed by atoms with Crippen LogP contribution in [0.4, 0.5) is 0 Å². The van der Waals surface area contributed by atoms with Crippen LogP contribution in [0.1, 0.15) is 29.1 Å². The molecule has 3 rings (SSSR count). The van der Waals surface area contributed by atoms with Gasteiger partial charge < -0.3 is 19.0 Å². The normalized spacial score (nSPS) is 18.2. The van der Waals surface area contributed by atoms with Gasteiger partial charge in [-0.3, -0.25) is 4.79 Å². The van der Waals surface area contributed by atoms with Gasteiger partial charge in [-0.15, -0.1) is 0 Å². The molecule has 156 valence electrons. The van der Waals surface area contributed by atoms with Gasteiger partial charge in [0.25, 0.3) is 5.91 Å². The van der Waals surface area contributed by atoms with Crippen molar-refractivity contribution < 1.29 is 27.2 Å². The summed E-state index contributed by atoms with van der Waals surface area (Å²) < 4.78 is 35.2. The van der Waals surface area contributed by atoms with Crippen molar-refractivity contribution in [1.82, 2.24) is 9.88 Å². The highest BCUT2D eigenvalue weighted by Crippen LogP contribution is 2.18. The number of rotatable bonds is 7. The van der Waals surface area contributed by atoms with Gasteiger partial charge in [0.2, 0.25) is 0 Å². The van der Waals surface area contributed by atoms with Crippen LogP contribution in [-0.2, 0) is 30.7 Å². The van der Waals surface area contributed by atoms with Crippen LogP contribution in [-0.4, -0.2) is 49.0 Å². The van der Waals surface area contributed by atoms with E-state index in [9.17, 15) is 18.0 Å². The van der Waals surface area contributed by atoms with Crippen molar-refractivity contribution in [2.24, 2.45) is 0 Å². The minimum absolute atomic E-state index is 0.0683. The molecule has 0 unspecified atom stereocenters. The van der Waals surface area contributed by atoms with E-state index in [1.54, 1.807) is 12.3 Å². The van der Waals surface area contributed by atoms with Crippen molar-refractivity contribution in [3.8, 4) is 0 Å². The standard InChI is InChI=1S/C20H24N2O6S/c1-14-10-16(15(2)22(14)11-18-4-3-8-27-18)5-6-20(24)28-12-19(23)21-17-7-9-29(25,26)13-17/h3-6,8,10,17H,7,9,11-13H2,1-2H3,(H,21,23)/b6-5+/t17-/m0/s1. The van der Waals surface area contributed by atoms with Crippen LogP contribution in [0.3, 0.4) is 0 Å². The fourth-order valence-electron chi connectivity index (χ4n) is 3.32. The first-order chi connectivity index (χ1) is 13.7. The molecule has 2 aromatic rings. The first kappa shape index (κ1) is 20.9. The summed E-state index contributed by atoms with van der Waals surface area (Å²) in [7, 11) is -3.08. The van der Waals surface area contributed by atoms with E-state index < -0.39 is 34.4 Å². The zero-order chi connectivity index (χ0) is 21.0. The predicted octanol–water partition coefficient (Wildman–Crippen LogP) is 1.61. The molecule has 29 heavy (non-hydrogen) atoms. The monoisotopic (exact) mass is 420 g/mol. The summed E-state index contributed by atoms with van der Waals surface area (Å²) in [5.74, 6) is -0.317. The number of aromatic nitrogens is 1. The van der Waals surface area contributed by atoms with Crippen molar-refractivity contribution in [2.45, 2.75) is 32.9 Å². The molecule has 1 amide bonds. The van der Waals surface area contributed by atoms with Crippen LogP contribution < -0.4 is 5.32 Å². The number of nitrogens with one attached hydrogen (secondary N) is 1. The number of carbonyl (C=O) groups excluding carboxylic acids is 2. The highest BCUT2D eigenvalue weighted by molar-refractivity contribution is 7.91. The number of carbonyl (C=O) groups is 2. The Hall–Kier alpha value is -2.81. The van der Waals surface area contributed by atoms with Gasteiger partial charge in [0.15, 0.2) is 16.4 Å². The maximum Gasteiger partial charge on any atom is 0.331 e. The third-order valence-electron chi connectivity index (χ3n) is 4.85. The molecule has 1 aliphatic rings. The number of sulfone groups is 1. The molecule has 0 aliphatic carbocycles. The summed E-state index contributed by atoms with van der Waals surface area (Å²) in [4.78, 5) is 23.7. The van der Waals surface area contributed by atoms with Crippen molar-refractivity contribution in [3.63, 3.8) is 0 Å². The largest absolute Gasteiger partial charge is 0.467 e. The molecule has 1 N–H and O–H groups in total. The SMILES string of the molecule is Cc1cc(/C=C/C(=O)OCC(=O)N[C@H]2CCS(=O)(=O)C2)c(C)n1Cc1ccco1. The molecule has 0 spiro atoms. The second kappa shape index (κ2) is 8.69. The third kappa shape index (κ3) is 5.60. The number of aryl methyl sites for hydroxylation is 1. The minimum Gasteiger partial charge on any atom is -0.467 e. The molecule has 1 atom stereocenters. The lowest BCUT2D eigenvalue weighted by Gasteiger charge is -2.10. The molecular weight excluding hydrogens is 396 g/mol. The smallest absolute Gasteiger partial charge is 0.331 e. The Labute approximate surface area is 169 Å². The van der Waals surface area contributed by atoms with Gasteiger partial charge in [-0.05, 0) is 50.1 Å². The fourth-order valence-corrected chi connectivity index (χ4v) is 4.99. The van der Waals surface area contributed by atoms with E-state index >= 15 is 0 Å². The number of esters is 1. The van der Waals surface area contributed by atoms with Crippen molar-refractivity contribution >= 4 is 27.8 Å². The fraction of sp³-hybridized carbons (Fsp3) is 0.400. The second-order valence-electron chi connectivity index (χ2n) is 7.10. The maximum atomic E-state index is 11.9. The van der Waals surface area contributed by atoms with Crippen LogP contribution >= 0.6 is 0 Å². The van der Waals surface area contributed by atoms with Gasteiger partial charge in [0, 0.05) is 23.5 Å². The highest BCUT2D eigenvalue weighted by atomic mass is 32.2. The third-order valence-corrected chi connectivity index (χ3v) is 6.62.